The first-order valence-electron chi connectivity index (χ1n) is 8.22. The fraction of sp³-hybridized carbons (Fsp3) is 0.316. The number of para-hydroxylation sites is 2. The van der Waals surface area contributed by atoms with Crippen LogP contribution >= 0.6 is 0 Å². The molecule has 0 radical (unpaired) electrons. The van der Waals surface area contributed by atoms with Gasteiger partial charge in [-0.3, -0.25) is 4.79 Å². The van der Waals surface area contributed by atoms with E-state index in [1.54, 1.807) is 36.2 Å². The van der Waals surface area contributed by atoms with Crippen molar-refractivity contribution in [2.75, 3.05) is 35.7 Å². The molecule has 24 heavy (non-hydrogen) atoms. The third-order valence-corrected chi connectivity index (χ3v) is 4.51. The molecule has 1 fully saturated rings. The second-order valence-corrected chi connectivity index (χ2v) is 6.19. The van der Waals surface area contributed by atoms with Gasteiger partial charge in [0.05, 0.1) is 17.5 Å². The Balaban J connectivity index is 1.86. The third kappa shape index (κ3) is 3.36. The molecule has 1 aliphatic rings. The molecule has 0 aliphatic carbocycles. The molecule has 0 aromatic heterocycles. The Hall–Kier alpha value is -2.53. The smallest absolute Gasteiger partial charge is 0.258 e. The lowest BCUT2D eigenvalue weighted by molar-refractivity contribution is 0.0993. The molecular weight excluding hydrogens is 302 g/mol. The molecule has 0 atom stereocenters. The number of nitrogens with zero attached hydrogens (tertiary/aromatic N) is 2. The van der Waals surface area contributed by atoms with Crippen molar-refractivity contribution in [2.45, 2.75) is 18.9 Å². The summed E-state index contributed by atoms with van der Waals surface area (Å²) < 4.78 is 0. The number of benzene rings is 2. The lowest BCUT2D eigenvalue weighted by atomic mass is 10.1. The molecule has 2 aromatic rings. The second kappa shape index (κ2) is 6.93. The standard InChI is InChI=1S/C19H23N3O2/c1-21(19(24)14-6-8-15(20)9-7-14)17-4-2-3-5-18(17)22-12-10-16(23)11-13-22/h2-9,16,23H,10-13,20H2,1H3. The van der Waals surface area contributed by atoms with E-state index in [0.717, 1.165) is 37.3 Å². The minimum absolute atomic E-state index is 0.0699. The number of aliphatic hydroxyl groups excluding tert-OH is 1. The maximum absolute atomic E-state index is 12.8. The molecule has 0 spiro atoms. The number of hydrogen-bond donors (Lipinski definition) is 2. The van der Waals surface area contributed by atoms with Crippen LogP contribution in [0.4, 0.5) is 17.1 Å². The van der Waals surface area contributed by atoms with Gasteiger partial charge in [0.2, 0.25) is 0 Å². The fourth-order valence-electron chi connectivity index (χ4n) is 3.05. The van der Waals surface area contributed by atoms with Crippen LogP contribution in [-0.4, -0.2) is 37.3 Å². The molecule has 3 rings (SSSR count). The number of nitrogen functional groups attached to an aromatic ring is 1. The summed E-state index contributed by atoms with van der Waals surface area (Å²) in [7, 11) is 1.79. The summed E-state index contributed by atoms with van der Waals surface area (Å²) >= 11 is 0. The SMILES string of the molecule is CN(C(=O)c1ccc(N)cc1)c1ccccc1N1CCC(O)CC1. The van der Waals surface area contributed by atoms with Crippen LogP contribution in [0.25, 0.3) is 0 Å². The number of rotatable bonds is 3. The molecule has 126 valence electrons. The highest BCUT2D eigenvalue weighted by Gasteiger charge is 2.22. The Morgan fingerprint density at radius 1 is 1.12 bits per heavy atom. The molecule has 1 heterocycles. The molecule has 1 aliphatic heterocycles. The van der Waals surface area contributed by atoms with Gasteiger partial charge in [0.15, 0.2) is 0 Å². The average molecular weight is 325 g/mol. The quantitative estimate of drug-likeness (QED) is 0.851. The first kappa shape index (κ1) is 16.3. The van der Waals surface area contributed by atoms with Gasteiger partial charge in [0.25, 0.3) is 5.91 Å². The third-order valence-electron chi connectivity index (χ3n) is 4.51. The first-order chi connectivity index (χ1) is 11.6. The Labute approximate surface area is 142 Å². The van der Waals surface area contributed by atoms with E-state index in [-0.39, 0.29) is 12.0 Å². The van der Waals surface area contributed by atoms with Gasteiger partial charge < -0.3 is 20.6 Å². The number of anilines is 3. The first-order valence-corrected chi connectivity index (χ1v) is 8.22. The van der Waals surface area contributed by atoms with Gasteiger partial charge in [-0.25, -0.2) is 0 Å². The summed E-state index contributed by atoms with van der Waals surface area (Å²) in [6, 6.07) is 14.9. The second-order valence-electron chi connectivity index (χ2n) is 6.19. The number of amides is 1. The summed E-state index contributed by atoms with van der Waals surface area (Å²) in [5.41, 5.74) is 8.84. The Bertz CT molecular complexity index is 707. The topological polar surface area (TPSA) is 69.8 Å². The number of piperidine rings is 1. The van der Waals surface area contributed by atoms with Crippen LogP contribution in [0.1, 0.15) is 23.2 Å². The maximum atomic E-state index is 12.8. The molecule has 5 heteroatoms. The van der Waals surface area contributed by atoms with Gasteiger partial charge in [-0.05, 0) is 49.2 Å². The van der Waals surface area contributed by atoms with Crippen LogP contribution in [0, 0.1) is 0 Å². The van der Waals surface area contributed by atoms with Crippen molar-refractivity contribution in [3.8, 4) is 0 Å². The van der Waals surface area contributed by atoms with Gasteiger partial charge in [-0.2, -0.15) is 0 Å². The average Bonchev–Trinajstić information content (AvgIpc) is 2.62. The largest absolute Gasteiger partial charge is 0.399 e. The van der Waals surface area contributed by atoms with Crippen LogP contribution in [0.3, 0.4) is 0 Å². The molecule has 1 saturated heterocycles. The molecule has 0 unspecified atom stereocenters. The monoisotopic (exact) mass is 325 g/mol. The summed E-state index contributed by atoms with van der Waals surface area (Å²) in [6.45, 7) is 1.59. The molecular formula is C19H23N3O2. The highest BCUT2D eigenvalue weighted by Crippen LogP contribution is 2.31. The molecule has 0 bridgehead atoms. The highest BCUT2D eigenvalue weighted by atomic mass is 16.3. The summed E-state index contributed by atoms with van der Waals surface area (Å²) in [6.07, 6.45) is 1.29. The fourth-order valence-corrected chi connectivity index (χ4v) is 3.05. The van der Waals surface area contributed by atoms with E-state index in [4.69, 9.17) is 5.73 Å². The van der Waals surface area contributed by atoms with Crippen molar-refractivity contribution in [3.63, 3.8) is 0 Å². The minimum atomic E-state index is -0.220. The van der Waals surface area contributed by atoms with E-state index in [9.17, 15) is 9.90 Å². The lowest BCUT2D eigenvalue weighted by Gasteiger charge is -2.34. The van der Waals surface area contributed by atoms with Crippen LogP contribution in [0.2, 0.25) is 0 Å². The minimum Gasteiger partial charge on any atom is -0.399 e. The zero-order valence-corrected chi connectivity index (χ0v) is 13.9. The molecule has 5 nitrogen and oxygen atoms in total. The number of carbonyl (C=O) groups excluding carboxylic acids is 1. The number of hydrogen-bond acceptors (Lipinski definition) is 4. The molecule has 0 saturated carbocycles. The Morgan fingerprint density at radius 2 is 1.75 bits per heavy atom. The van der Waals surface area contributed by atoms with Crippen LogP contribution in [0.15, 0.2) is 48.5 Å². The van der Waals surface area contributed by atoms with Crippen LogP contribution in [-0.2, 0) is 0 Å². The normalized spacial score (nSPS) is 15.3. The van der Waals surface area contributed by atoms with E-state index in [0.29, 0.717) is 11.3 Å². The van der Waals surface area contributed by atoms with E-state index in [2.05, 4.69) is 4.90 Å². The molecule has 2 aromatic carbocycles. The van der Waals surface area contributed by atoms with Crippen molar-refractivity contribution < 1.29 is 9.90 Å². The predicted molar refractivity (Wildman–Crippen MR) is 97.5 cm³/mol. The van der Waals surface area contributed by atoms with Gasteiger partial charge >= 0.3 is 0 Å². The number of aliphatic hydroxyl groups is 1. The van der Waals surface area contributed by atoms with E-state index in [1.807, 2.05) is 24.3 Å². The number of carbonyl (C=O) groups is 1. The molecule has 3 N–H and O–H groups in total. The zero-order chi connectivity index (χ0) is 17.1. The predicted octanol–water partition coefficient (Wildman–Crippen LogP) is 2.51. The van der Waals surface area contributed by atoms with Crippen molar-refractivity contribution in [3.05, 3.63) is 54.1 Å². The lowest BCUT2D eigenvalue weighted by Crippen LogP contribution is -2.37. The van der Waals surface area contributed by atoms with Crippen molar-refractivity contribution >= 4 is 23.0 Å². The highest BCUT2D eigenvalue weighted by molar-refractivity contribution is 6.07. The zero-order valence-electron chi connectivity index (χ0n) is 13.9. The van der Waals surface area contributed by atoms with Crippen molar-refractivity contribution in [1.82, 2.24) is 0 Å². The van der Waals surface area contributed by atoms with Crippen molar-refractivity contribution in [1.29, 1.82) is 0 Å². The summed E-state index contributed by atoms with van der Waals surface area (Å²) in [5, 5.41) is 9.71. The van der Waals surface area contributed by atoms with E-state index >= 15 is 0 Å². The van der Waals surface area contributed by atoms with E-state index < -0.39 is 0 Å². The van der Waals surface area contributed by atoms with E-state index in [1.165, 1.54) is 0 Å². The van der Waals surface area contributed by atoms with Gasteiger partial charge in [-0.15, -0.1) is 0 Å². The van der Waals surface area contributed by atoms with Crippen LogP contribution in [0.5, 0.6) is 0 Å². The molecule has 1 amide bonds. The van der Waals surface area contributed by atoms with Gasteiger partial charge in [0, 0.05) is 31.4 Å². The number of nitrogens with two attached hydrogens (primary N) is 1. The Morgan fingerprint density at radius 3 is 2.42 bits per heavy atom. The summed E-state index contributed by atoms with van der Waals surface area (Å²) in [4.78, 5) is 16.7. The Kier molecular flexibility index (Phi) is 4.71. The van der Waals surface area contributed by atoms with Crippen LogP contribution < -0.4 is 15.5 Å². The van der Waals surface area contributed by atoms with Gasteiger partial charge in [-0.1, -0.05) is 12.1 Å². The van der Waals surface area contributed by atoms with Crippen molar-refractivity contribution in [2.24, 2.45) is 0 Å². The summed E-state index contributed by atoms with van der Waals surface area (Å²) in [5.74, 6) is -0.0699. The van der Waals surface area contributed by atoms with Gasteiger partial charge in [0.1, 0.15) is 0 Å². The maximum Gasteiger partial charge on any atom is 0.258 e.